The molecule has 1 heterocycles. The lowest BCUT2D eigenvalue weighted by atomic mass is 9.96. The molecule has 1 N–H and O–H groups in total. The molecule has 0 atom stereocenters. The Morgan fingerprint density at radius 3 is 2.30 bits per heavy atom. The topological polar surface area (TPSA) is 52.7 Å². The van der Waals surface area contributed by atoms with Crippen LogP contribution in [0.5, 0.6) is 0 Å². The number of nitrogens with zero attached hydrogens (tertiary/aromatic N) is 2. The predicted octanol–water partition coefficient (Wildman–Crippen LogP) is 3.41. The Balaban J connectivity index is 2.02. The SMILES string of the molecule is CCCN(CCC)C(=O)c1cccc(C(=O)N2CCC(CNCC)CC2)c1. The third kappa shape index (κ3) is 6.06. The molecule has 0 saturated carbocycles. The van der Waals surface area contributed by atoms with Crippen molar-refractivity contribution in [1.29, 1.82) is 0 Å². The van der Waals surface area contributed by atoms with Crippen LogP contribution >= 0.6 is 0 Å². The number of carbonyl (C=O) groups is 2. The fourth-order valence-electron chi connectivity index (χ4n) is 3.69. The Bertz CT molecular complexity index is 603. The molecule has 2 amide bonds. The van der Waals surface area contributed by atoms with Crippen molar-refractivity contribution in [3.8, 4) is 0 Å². The molecule has 1 aliphatic rings. The van der Waals surface area contributed by atoms with Gasteiger partial charge in [0.25, 0.3) is 11.8 Å². The number of hydrogen-bond acceptors (Lipinski definition) is 3. The minimum absolute atomic E-state index is 0.0256. The molecule has 2 rings (SSSR count). The van der Waals surface area contributed by atoms with Crippen molar-refractivity contribution < 1.29 is 9.59 Å². The van der Waals surface area contributed by atoms with Gasteiger partial charge < -0.3 is 15.1 Å². The smallest absolute Gasteiger partial charge is 0.253 e. The molecule has 0 spiro atoms. The number of benzene rings is 1. The van der Waals surface area contributed by atoms with Crippen molar-refractivity contribution in [3.05, 3.63) is 35.4 Å². The Kier molecular flexibility index (Phi) is 8.79. The van der Waals surface area contributed by atoms with Crippen LogP contribution in [0.15, 0.2) is 24.3 Å². The minimum atomic E-state index is 0.0256. The van der Waals surface area contributed by atoms with Crippen molar-refractivity contribution in [3.63, 3.8) is 0 Å². The molecule has 0 unspecified atom stereocenters. The molecule has 0 bridgehead atoms. The number of piperidine rings is 1. The van der Waals surface area contributed by atoms with Crippen molar-refractivity contribution in [2.24, 2.45) is 5.92 Å². The third-order valence-corrected chi connectivity index (χ3v) is 5.22. The number of rotatable bonds is 9. The summed E-state index contributed by atoms with van der Waals surface area (Å²) in [6.45, 7) is 11.4. The average Bonchev–Trinajstić information content (AvgIpc) is 2.71. The van der Waals surface area contributed by atoms with E-state index in [-0.39, 0.29) is 11.8 Å². The monoisotopic (exact) mass is 373 g/mol. The summed E-state index contributed by atoms with van der Waals surface area (Å²) in [6.07, 6.45) is 3.95. The molecule has 1 aliphatic heterocycles. The van der Waals surface area contributed by atoms with Gasteiger partial charge in [0.1, 0.15) is 0 Å². The van der Waals surface area contributed by atoms with Gasteiger partial charge in [-0.3, -0.25) is 9.59 Å². The second kappa shape index (κ2) is 11.1. The van der Waals surface area contributed by atoms with Crippen LogP contribution in [0, 0.1) is 5.92 Å². The first-order valence-corrected chi connectivity index (χ1v) is 10.5. The zero-order valence-electron chi connectivity index (χ0n) is 17.2. The van der Waals surface area contributed by atoms with Gasteiger partial charge in [0, 0.05) is 37.3 Å². The highest BCUT2D eigenvalue weighted by atomic mass is 16.2. The zero-order chi connectivity index (χ0) is 19.6. The normalized spacial score (nSPS) is 15.0. The van der Waals surface area contributed by atoms with Crippen LogP contribution in [0.2, 0.25) is 0 Å². The van der Waals surface area contributed by atoms with E-state index >= 15 is 0 Å². The van der Waals surface area contributed by atoms with Crippen molar-refractivity contribution in [2.45, 2.75) is 46.5 Å². The minimum Gasteiger partial charge on any atom is -0.339 e. The van der Waals surface area contributed by atoms with E-state index in [9.17, 15) is 9.59 Å². The molecule has 0 radical (unpaired) electrons. The quantitative estimate of drug-likeness (QED) is 0.722. The van der Waals surface area contributed by atoms with Gasteiger partial charge >= 0.3 is 0 Å². The van der Waals surface area contributed by atoms with Gasteiger partial charge in [-0.25, -0.2) is 0 Å². The van der Waals surface area contributed by atoms with Gasteiger partial charge in [0.2, 0.25) is 0 Å². The number of likely N-dealkylation sites (tertiary alicyclic amines) is 1. The van der Waals surface area contributed by atoms with Crippen LogP contribution in [0.4, 0.5) is 0 Å². The number of amides is 2. The van der Waals surface area contributed by atoms with Gasteiger partial charge in [0.05, 0.1) is 0 Å². The molecular formula is C22H35N3O2. The maximum Gasteiger partial charge on any atom is 0.253 e. The van der Waals surface area contributed by atoms with Gasteiger partial charge in [-0.1, -0.05) is 26.8 Å². The first-order valence-electron chi connectivity index (χ1n) is 10.5. The highest BCUT2D eigenvalue weighted by molar-refractivity contribution is 5.99. The number of hydrogen-bond donors (Lipinski definition) is 1. The molecule has 0 aliphatic carbocycles. The maximum absolute atomic E-state index is 12.9. The van der Waals surface area contributed by atoms with E-state index in [1.54, 1.807) is 6.07 Å². The van der Waals surface area contributed by atoms with E-state index in [0.29, 0.717) is 17.0 Å². The molecule has 1 aromatic carbocycles. The summed E-state index contributed by atoms with van der Waals surface area (Å²) < 4.78 is 0. The highest BCUT2D eigenvalue weighted by Gasteiger charge is 2.24. The van der Waals surface area contributed by atoms with E-state index < -0.39 is 0 Å². The number of carbonyl (C=O) groups excluding carboxylic acids is 2. The largest absolute Gasteiger partial charge is 0.339 e. The Hall–Kier alpha value is -1.88. The van der Waals surface area contributed by atoms with Crippen molar-refractivity contribution >= 4 is 11.8 Å². The molecule has 150 valence electrons. The second-order valence-corrected chi connectivity index (χ2v) is 7.42. The summed E-state index contributed by atoms with van der Waals surface area (Å²) in [7, 11) is 0. The van der Waals surface area contributed by atoms with Gasteiger partial charge in [-0.15, -0.1) is 0 Å². The third-order valence-electron chi connectivity index (χ3n) is 5.22. The van der Waals surface area contributed by atoms with E-state index in [1.165, 1.54) is 0 Å². The summed E-state index contributed by atoms with van der Waals surface area (Å²) in [5.74, 6) is 0.723. The van der Waals surface area contributed by atoms with E-state index in [1.807, 2.05) is 28.0 Å². The fraction of sp³-hybridized carbons (Fsp3) is 0.636. The highest BCUT2D eigenvalue weighted by Crippen LogP contribution is 2.19. The second-order valence-electron chi connectivity index (χ2n) is 7.42. The standard InChI is InChI=1S/C22H35N3O2/c1-4-12-24(13-5-2)21(26)19-8-7-9-20(16-19)22(27)25-14-10-18(11-15-25)17-23-6-3/h7-9,16,18,23H,4-6,10-15,17H2,1-3H3. The van der Waals surface area contributed by atoms with E-state index in [0.717, 1.165) is 65.0 Å². The van der Waals surface area contributed by atoms with E-state index in [4.69, 9.17) is 0 Å². The lowest BCUT2D eigenvalue weighted by Gasteiger charge is -2.32. The molecule has 5 heteroatoms. The summed E-state index contributed by atoms with van der Waals surface area (Å²) in [5, 5.41) is 3.40. The van der Waals surface area contributed by atoms with Gasteiger partial charge in [-0.05, 0) is 62.9 Å². The number of nitrogens with one attached hydrogen (secondary N) is 1. The average molecular weight is 374 g/mol. The van der Waals surface area contributed by atoms with Crippen molar-refractivity contribution in [1.82, 2.24) is 15.1 Å². The van der Waals surface area contributed by atoms with Crippen LogP contribution < -0.4 is 5.32 Å². The van der Waals surface area contributed by atoms with Gasteiger partial charge in [-0.2, -0.15) is 0 Å². The van der Waals surface area contributed by atoms with E-state index in [2.05, 4.69) is 26.1 Å². The van der Waals surface area contributed by atoms with Crippen LogP contribution in [0.3, 0.4) is 0 Å². The molecule has 27 heavy (non-hydrogen) atoms. The Morgan fingerprint density at radius 2 is 1.70 bits per heavy atom. The summed E-state index contributed by atoms with van der Waals surface area (Å²) in [5.41, 5.74) is 1.24. The maximum atomic E-state index is 12.9. The zero-order valence-corrected chi connectivity index (χ0v) is 17.2. The van der Waals surface area contributed by atoms with Crippen molar-refractivity contribution in [2.75, 3.05) is 39.3 Å². The lowest BCUT2D eigenvalue weighted by Crippen LogP contribution is -2.40. The first kappa shape index (κ1) is 21.4. The summed E-state index contributed by atoms with van der Waals surface area (Å²) in [6, 6.07) is 7.25. The first-order chi connectivity index (χ1) is 13.1. The van der Waals surface area contributed by atoms with Crippen LogP contribution in [-0.2, 0) is 0 Å². The Morgan fingerprint density at radius 1 is 1.07 bits per heavy atom. The van der Waals surface area contributed by atoms with Crippen LogP contribution in [-0.4, -0.2) is 60.9 Å². The molecular weight excluding hydrogens is 338 g/mol. The summed E-state index contributed by atoms with van der Waals surface area (Å²) in [4.78, 5) is 29.5. The Labute approximate surface area is 164 Å². The lowest BCUT2D eigenvalue weighted by molar-refractivity contribution is 0.0690. The van der Waals surface area contributed by atoms with Crippen LogP contribution in [0.1, 0.15) is 67.2 Å². The molecule has 1 fully saturated rings. The molecule has 5 nitrogen and oxygen atoms in total. The molecule has 1 saturated heterocycles. The summed E-state index contributed by atoms with van der Waals surface area (Å²) >= 11 is 0. The molecule has 0 aromatic heterocycles. The molecule has 1 aromatic rings. The predicted molar refractivity (Wildman–Crippen MR) is 110 cm³/mol. The van der Waals surface area contributed by atoms with Crippen LogP contribution in [0.25, 0.3) is 0 Å². The van der Waals surface area contributed by atoms with Gasteiger partial charge in [0.15, 0.2) is 0 Å². The fourth-order valence-corrected chi connectivity index (χ4v) is 3.69.